The molecule has 4 heteroatoms. The van der Waals surface area contributed by atoms with Crippen LogP contribution >= 0.6 is 0 Å². The summed E-state index contributed by atoms with van der Waals surface area (Å²) in [5.41, 5.74) is 0. The number of hydrogen-bond donors (Lipinski definition) is 1. The molecule has 0 bridgehead atoms. The number of carbonyl (C=O) groups is 1. The summed E-state index contributed by atoms with van der Waals surface area (Å²) in [5, 5.41) is 7.21. The molecule has 0 aliphatic carbocycles. The number of rotatable bonds is 6. The van der Waals surface area contributed by atoms with Gasteiger partial charge in [-0.2, -0.15) is 0 Å². The molecule has 0 heterocycles. The summed E-state index contributed by atoms with van der Waals surface area (Å²) in [6.07, 6.45) is 3.63. The Morgan fingerprint density at radius 1 is 1.07 bits per heavy atom. The number of unbranched alkanes of at least 4 members (excludes halogenated alkanes) is 2. The molecule has 14 heavy (non-hydrogen) atoms. The molecule has 0 unspecified atom stereocenters. The van der Waals surface area contributed by atoms with E-state index in [1.165, 1.54) is 0 Å². The van der Waals surface area contributed by atoms with E-state index in [9.17, 15) is 4.79 Å². The topological polar surface area (TPSA) is 59.4 Å². The maximum Gasteiger partial charge on any atom is 0.393 e. The summed E-state index contributed by atoms with van der Waals surface area (Å²) in [4.78, 5) is 11.0. The number of hydrogen-bond acceptors (Lipinski definition) is 4. The first kappa shape index (κ1) is 12.9. The van der Waals surface area contributed by atoms with Gasteiger partial charge in [0.1, 0.15) is 0 Å². The molecule has 0 aromatic rings. The van der Waals surface area contributed by atoms with Crippen molar-refractivity contribution in [3.05, 3.63) is 0 Å². The average molecular weight is 201 g/mol. The molecule has 4 nitrogen and oxygen atoms in total. The third-order valence-corrected chi connectivity index (χ3v) is 1.66. The van der Waals surface area contributed by atoms with Crippen LogP contribution in [-0.2, 0) is 14.3 Å². The zero-order valence-corrected chi connectivity index (χ0v) is 8.97. The van der Waals surface area contributed by atoms with Crippen molar-refractivity contribution < 1.29 is 14.3 Å². The molecule has 0 amide bonds. The first-order valence-corrected chi connectivity index (χ1v) is 5.10. The lowest BCUT2D eigenvalue weighted by Gasteiger charge is -2.06. The van der Waals surface area contributed by atoms with Gasteiger partial charge in [-0.25, -0.2) is 4.79 Å². The molecule has 0 aromatic heterocycles. The quantitative estimate of drug-likeness (QED) is 0.310. The highest BCUT2D eigenvalue weighted by molar-refractivity contribution is 6.31. The Bertz CT molecular complexity index is 160. The van der Waals surface area contributed by atoms with Gasteiger partial charge in [0.05, 0.1) is 13.2 Å². The van der Waals surface area contributed by atoms with Crippen LogP contribution in [0.3, 0.4) is 0 Å². The van der Waals surface area contributed by atoms with E-state index in [0.717, 1.165) is 25.7 Å². The highest BCUT2D eigenvalue weighted by atomic mass is 16.6. The van der Waals surface area contributed by atoms with Crippen molar-refractivity contribution >= 4 is 11.9 Å². The Morgan fingerprint density at radius 2 is 1.57 bits per heavy atom. The second-order valence-corrected chi connectivity index (χ2v) is 3.02. The van der Waals surface area contributed by atoms with Crippen LogP contribution in [0.1, 0.15) is 39.5 Å². The normalized spacial score (nSPS) is 9.57. The highest BCUT2D eigenvalue weighted by Crippen LogP contribution is 1.93. The number of esters is 1. The molecule has 0 rings (SSSR count). The second kappa shape index (κ2) is 8.53. The summed E-state index contributed by atoms with van der Waals surface area (Å²) in [5.74, 6) is -1.04. The van der Waals surface area contributed by atoms with E-state index in [2.05, 4.69) is 0 Å². The van der Waals surface area contributed by atoms with Gasteiger partial charge in [-0.1, -0.05) is 26.7 Å². The molecule has 1 N–H and O–H groups in total. The fourth-order valence-corrected chi connectivity index (χ4v) is 0.752. The van der Waals surface area contributed by atoms with Crippen LogP contribution in [-0.4, -0.2) is 25.1 Å². The predicted molar refractivity (Wildman–Crippen MR) is 54.5 cm³/mol. The zero-order valence-electron chi connectivity index (χ0n) is 8.97. The maximum absolute atomic E-state index is 11.0. The Hall–Kier alpha value is -1.06. The lowest BCUT2D eigenvalue weighted by molar-refractivity contribution is -0.137. The Morgan fingerprint density at radius 3 is 2.07 bits per heavy atom. The first-order chi connectivity index (χ1) is 6.72. The number of carbonyl (C=O) groups excluding carboxylic acids is 1. The van der Waals surface area contributed by atoms with E-state index in [0.29, 0.717) is 13.2 Å². The summed E-state index contributed by atoms with van der Waals surface area (Å²) < 4.78 is 9.67. The minimum Gasteiger partial charge on any atom is -0.473 e. The smallest absolute Gasteiger partial charge is 0.393 e. The van der Waals surface area contributed by atoms with Gasteiger partial charge < -0.3 is 9.47 Å². The van der Waals surface area contributed by atoms with Gasteiger partial charge in [-0.3, -0.25) is 5.41 Å². The Labute approximate surface area is 85.1 Å². The van der Waals surface area contributed by atoms with E-state index >= 15 is 0 Å². The lowest BCUT2D eigenvalue weighted by atomic mass is 10.4. The molecule has 0 saturated carbocycles. The minimum absolute atomic E-state index is 0.370. The van der Waals surface area contributed by atoms with Crippen LogP contribution in [0.5, 0.6) is 0 Å². The number of nitrogens with one attached hydrogen (secondary N) is 1. The van der Waals surface area contributed by atoms with Crippen LogP contribution in [0.2, 0.25) is 0 Å². The van der Waals surface area contributed by atoms with Gasteiger partial charge >= 0.3 is 5.97 Å². The molecule has 0 radical (unpaired) electrons. The van der Waals surface area contributed by atoms with Gasteiger partial charge in [0.25, 0.3) is 5.90 Å². The Kier molecular flexibility index (Phi) is 7.89. The van der Waals surface area contributed by atoms with E-state index < -0.39 is 5.97 Å². The van der Waals surface area contributed by atoms with Crippen molar-refractivity contribution in [2.45, 2.75) is 39.5 Å². The summed E-state index contributed by atoms with van der Waals surface area (Å²) in [6.45, 7) is 4.82. The SMILES string of the molecule is CCCCOC(=N)C(=O)OCCCC. The third kappa shape index (κ3) is 6.46. The Balaban J connectivity index is 3.50. The van der Waals surface area contributed by atoms with E-state index in [1.807, 2.05) is 13.8 Å². The maximum atomic E-state index is 11.0. The molecular formula is C10H19NO3. The minimum atomic E-state index is -0.658. The lowest BCUT2D eigenvalue weighted by Crippen LogP contribution is -2.20. The standard InChI is InChI=1S/C10H19NO3/c1-3-5-7-13-9(11)10(12)14-8-6-4-2/h11H,3-8H2,1-2H3. The van der Waals surface area contributed by atoms with Gasteiger partial charge in [0, 0.05) is 0 Å². The van der Waals surface area contributed by atoms with Crippen LogP contribution in [0.25, 0.3) is 0 Å². The van der Waals surface area contributed by atoms with Gasteiger partial charge in [0.2, 0.25) is 0 Å². The van der Waals surface area contributed by atoms with Crippen molar-refractivity contribution in [2.75, 3.05) is 13.2 Å². The summed E-state index contributed by atoms with van der Waals surface area (Å²) in [7, 11) is 0. The van der Waals surface area contributed by atoms with Crippen LogP contribution in [0.4, 0.5) is 0 Å². The molecule has 0 atom stereocenters. The molecule has 0 spiro atoms. The third-order valence-electron chi connectivity index (χ3n) is 1.66. The van der Waals surface area contributed by atoms with Crippen molar-refractivity contribution in [3.63, 3.8) is 0 Å². The van der Waals surface area contributed by atoms with Gasteiger partial charge in [0.15, 0.2) is 0 Å². The molecule has 0 aliphatic heterocycles. The monoisotopic (exact) mass is 201 g/mol. The molecular weight excluding hydrogens is 182 g/mol. The van der Waals surface area contributed by atoms with Crippen molar-refractivity contribution in [1.82, 2.24) is 0 Å². The van der Waals surface area contributed by atoms with Crippen molar-refractivity contribution in [3.8, 4) is 0 Å². The average Bonchev–Trinajstić information content (AvgIpc) is 2.18. The van der Waals surface area contributed by atoms with Crippen LogP contribution in [0.15, 0.2) is 0 Å². The predicted octanol–water partition coefficient (Wildman–Crippen LogP) is 2.12. The second-order valence-electron chi connectivity index (χ2n) is 3.02. The molecule has 0 fully saturated rings. The largest absolute Gasteiger partial charge is 0.473 e. The first-order valence-electron chi connectivity index (χ1n) is 5.10. The zero-order chi connectivity index (χ0) is 10.8. The van der Waals surface area contributed by atoms with E-state index in [4.69, 9.17) is 14.9 Å². The van der Waals surface area contributed by atoms with Crippen LogP contribution in [0, 0.1) is 5.41 Å². The fourth-order valence-electron chi connectivity index (χ4n) is 0.752. The molecule has 0 aromatic carbocycles. The van der Waals surface area contributed by atoms with Crippen molar-refractivity contribution in [1.29, 1.82) is 5.41 Å². The van der Waals surface area contributed by atoms with Crippen molar-refractivity contribution in [2.24, 2.45) is 0 Å². The van der Waals surface area contributed by atoms with E-state index in [1.54, 1.807) is 0 Å². The number of ether oxygens (including phenoxy) is 2. The molecule has 82 valence electrons. The molecule has 0 saturated heterocycles. The van der Waals surface area contributed by atoms with E-state index in [-0.39, 0.29) is 5.90 Å². The highest BCUT2D eigenvalue weighted by Gasteiger charge is 2.11. The van der Waals surface area contributed by atoms with Gasteiger partial charge in [-0.05, 0) is 12.8 Å². The van der Waals surface area contributed by atoms with Crippen LogP contribution < -0.4 is 0 Å². The van der Waals surface area contributed by atoms with Gasteiger partial charge in [-0.15, -0.1) is 0 Å². The summed E-state index contributed by atoms with van der Waals surface area (Å²) >= 11 is 0. The fraction of sp³-hybridized carbons (Fsp3) is 0.800. The summed E-state index contributed by atoms with van der Waals surface area (Å²) in [6, 6.07) is 0. The molecule has 0 aliphatic rings.